The number of rotatable bonds is 9. The summed E-state index contributed by atoms with van der Waals surface area (Å²) in [6.45, 7) is 0.197. The summed E-state index contributed by atoms with van der Waals surface area (Å²) < 4.78 is 10.9. The first-order chi connectivity index (χ1) is 15.4. The van der Waals surface area contributed by atoms with Crippen molar-refractivity contribution in [1.29, 1.82) is 5.41 Å². The number of para-hydroxylation sites is 2. The number of aliphatic hydroxyl groups excluding tert-OH is 1. The quantitative estimate of drug-likeness (QED) is 0.118. The lowest BCUT2D eigenvalue weighted by Crippen LogP contribution is -2.55. The fourth-order valence-corrected chi connectivity index (χ4v) is 3.11. The highest BCUT2D eigenvalue weighted by atomic mass is 16.5. The zero-order valence-corrected chi connectivity index (χ0v) is 17.0. The predicted molar refractivity (Wildman–Crippen MR) is 115 cm³/mol. The molecule has 11 heteroatoms. The molecule has 32 heavy (non-hydrogen) atoms. The van der Waals surface area contributed by atoms with Gasteiger partial charge in [0, 0.05) is 17.8 Å². The number of hydrogen-bond donors (Lipinski definition) is 5. The Morgan fingerprint density at radius 3 is 2.72 bits per heavy atom. The summed E-state index contributed by atoms with van der Waals surface area (Å²) in [7, 11) is 0. The molecule has 1 heterocycles. The molecule has 0 saturated carbocycles. The molecule has 2 atom stereocenters. The van der Waals surface area contributed by atoms with Crippen LogP contribution in [0.15, 0.2) is 48.5 Å². The van der Waals surface area contributed by atoms with Crippen LogP contribution >= 0.6 is 0 Å². The van der Waals surface area contributed by atoms with Gasteiger partial charge in [0.25, 0.3) is 11.8 Å². The molecular weight excluding hydrogens is 418 g/mol. The number of nitrogens with one attached hydrogen (secondary N) is 3. The zero-order valence-electron chi connectivity index (χ0n) is 17.0. The SMILES string of the molecule is N=C(N)c1ccc(NC(=O)[C@H](O)[C@H]2OCCN(c3ccccc3OCNC=O)C2=O)cc1. The molecule has 0 aromatic heterocycles. The van der Waals surface area contributed by atoms with Crippen molar-refractivity contribution in [2.45, 2.75) is 12.2 Å². The van der Waals surface area contributed by atoms with Crippen molar-refractivity contribution in [3.05, 3.63) is 54.1 Å². The Labute approximate surface area is 183 Å². The molecule has 1 aliphatic rings. The van der Waals surface area contributed by atoms with Crippen molar-refractivity contribution in [2.24, 2.45) is 5.73 Å². The molecule has 1 aliphatic heterocycles. The predicted octanol–water partition coefficient (Wildman–Crippen LogP) is -0.216. The lowest BCUT2D eigenvalue weighted by Gasteiger charge is -2.34. The topological polar surface area (TPSA) is 167 Å². The minimum Gasteiger partial charge on any atom is -0.471 e. The minimum absolute atomic E-state index is 0.0874. The first-order valence-electron chi connectivity index (χ1n) is 9.67. The standard InChI is InChI=1S/C21H23N5O6/c22-19(23)13-5-7-14(8-6-13)25-20(29)17(28)18-21(30)26(9-10-31-18)15-3-1-2-4-16(15)32-12-24-11-27/h1-8,11,17-18,28H,9-10,12H2,(H3,22,23)(H,24,27)(H,25,29)/t17-,18-/m1/s1. The molecule has 0 unspecified atom stereocenters. The number of ether oxygens (including phenoxy) is 2. The van der Waals surface area contributed by atoms with E-state index in [1.807, 2.05) is 0 Å². The number of hydrogen-bond acceptors (Lipinski definition) is 7. The number of benzene rings is 2. The maximum Gasteiger partial charge on any atom is 0.259 e. The summed E-state index contributed by atoms with van der Waals surface area (Å²) in [6.07, 6.45) is -2.69. The van der Waals surface area contributed by atoms with E-state index in [4.69, 9.17) is 20.6 Å². The van der Waals surface area contributed by atoms with E-state index >= 15 is 0 Å². The van der Waals surface area contributed by atoms with E-state index in [9.17, 15) is 19.5 Å². The summed E-state index contributed by atoms with van der Waals surface area (Å²) in [5, 5.41) is 22.8. The minimum atomic E-state index is -1.76. The van der Waals surface area contributed by atoms with Gasteiger partial charge in [0.1, 0.15) is 11.6 Å². The van der Waals surface area contributed by atoms with E-state index in [0.717, 1.165) is 0 Å². The van der Waals surface area contributed by atoms with Crippen LogP contribution in [0, 0.1) is 5.41 Å². The van der Waals surface area contributed by atoms with Crippen LogP contribution < -0.4 is 26.0 Å². The Kier molecular flexibility index (Phi) is 7.37. The highest BCUT2D eigenvalue weighted by Crippen LogP contribution is 2.30. The number of nitrogens with two attached hydrogens (primary N) is 1. The van der Waals surface area contributed by atoms with Crippen LogP contribution in [0.25, 0.3) is 0 Å². The van der Waals surface area contributed by atoms with Crippen LogP contribution in [-0.4, -0.2) is 61.3 Å². The fraction of sp³-hybridized carbons (Fsp3) is 0.238. The Morgan fingerprint density at radius 2 is 2.03 bits per heavy atom. The number of amides is 3. The number of nitrogens with zero attached hydrogens (tertiary/aromatic N) is 1. The largest absolute Gasteiger partial charge is 0.471 e. The van der Waals surface area contributed by atoms with Crippen molar-refractivity contribution < 1.29 is 29.0 Å². The number of anilines is 2. The fourth-order valence-electron chi connectivity index (χ4n) is 3.11. The third kappa shape index (κ3) is 5.20. The van der Waals surface area contributed by atoms with Gasteiger partial charge < -0.3 is 35.8 Å². The molecule has 0 bridgehead atoms. The maximum absolute atomic E-state index is 13.0. The second-order valence-corrected chi connectivity index (χ2v) is 6.78. The molecule has 0 spiro atoms. The van der Waals surface area contributed by atoms with Crippen LogP contribution in [0.5, 0.6) is 5.75 Å². The summed E-state index contributed by atoms with van der Waals surface area (Å²) in [5.74, 6) is -1.19. The number of nitrogen functional groups attached to an aromatic ring is 1. The van der Waals surface area contributed by atoms with Crippen LogP contribution in [0.4, 0.5) is 11.4 Å². The summed E-state index contributed by atoms with van der Waals surface area (Å²) in [4.78, 5) is 37.3. The van der Waals surface area contributed by atoms with Gasteiger partial charge in [-0.15, -0.1) is 0 Å². The monoisotopic (exact) mass is 441 g/mol. The molecule has 168 valence electrons. The second kappa shape index (κ2) is 10.4. The highest BCUT2D eigenvalue weighted by Gasteiger charge is 2.40. The third-order valence-electron chi connectivity index (χ3n) is 4.69. The number of aliphatic hydroxyl groups is 1. The zero-order chi connectivity index (χ0) is 23.1. The number of amidine groups is 1. The van der Waals surface area contributed by atoms with Crippen molar-refractivity contribution in [3.63, 3.8) is 0 Å². The molecule has 2 aromatic rings. The average molecular weight is 441 g/mol. The van der Waals surface area contributed by atoms with E-state index < -0.39 is 24.0 Å². The van der Waals surface area contributed by atoms with Gasteiger partial charge in [-0.05, 0) is 36.4 Å². The molecule has 3 rings (SSSR count). The summed E-state index contributed by atoms with van der Waals surface area (Å²) >= 11 is 0. The Morgan fingerprint density at radius 1 is 1.31 bits per heavy atom. The number of morpholine rings is 1. The molecule has 2 aromatic carbocycles. The lowest BCUT2D eigenvalue weighted by atomic mass is 10.1. The lowest BCUT2D eigenvalue weighted by molar-refractivity contribution is -0.150. The van der Waals surface area contributed by atoms with Gasteiger partial charge in [0.05, 0.1) is 12.3 Å². The summed E-state index contributed by atoms with van der Waals surface area (Å²) in [5.41, 5.74) is 6.67. The van der Waals surface area contributed by atoms with Gasteiger partial charge in [-0.1, -0.05) is 12.1 Å². The van der Waals surface area contributed by atoms with Gasteiger partial charge in [-0.2, -0.15) is 0 Å². The van der Waals surface area contributed by atoms with Crippen LogP contribution in [-0.2, 0) is 19.1 Å². The maximum atomic E-state index is 13.0. The summed E-state index contributed by atoms with van der Waals surface area (Å²) in [6, 6.07) is 12.8. The van der Waals surface area contributed by atoms with Gasteiger partial charge in [0.15, 0.2) is 18.9 Å². The molecule has 1 fully saturated rings. The van der Waals surface area contributed by atoms with E-state index in [-0.39, 0.29) is 25.7 Å². The number of carbonyl (C=O) groups excluding carboxylic acids is 3. The van der Waals surface area contributed by atoms with Crippen molar-refractivity contribution >= 4 is 35.4 Å². The molecule has 3 amide bonds. The number of carbonyl (C=O) groups is 3. The molecule has 11 nitrogen and oxygen atoms in total. The highest BCUT2D eigenvalue weighted by molar-refractivity contribution is 6.04. The van der Waals surface area contributed by atoms with Crippen molar-refractivity contribution in [1.82, 2.24) is 5.32 Å². The van der Waals surface area contributed by atoms with Gasteiger partial charge in [0.2, 0.25) is 6.41 Å². The Bertz CT molecular complexity index is 996. The molecule has 0 aliphatic carbocycles. The first kappa shape index (κ1) is 22.7. The second-order valence-electron chi connectivity index (χ2n) is 6.78. The van der Waals surface area contributed by atoms with Crippen LogP contribution in [0.2, 0.25) is 0 Å². The molecule has 1 saturated heterocycles. The van der Waals surface area contributed by atoms with Gasteiger partial charge in [-0.25, -0.2) is 0 Å². The first-order valence-corrected chi connectivity index (χ1v) is 9.67. The molecular formula is C21H23N5O6. The Hall–Kier alpha value is -3.96. The van der Waals surface area contributed by atoms with E-state index in [1.165, 1.54) is 17.0 Å². The molecule has 0 radical (unpaired) electrons. The third-order valence-corrected chi connectivity index (χ3v) is 4.69. The van der Waals surface area contributed by atoms with E-state index in [0.29, 0.717) is 29.1 Å². The Balaban J connectivity index is 1.71. The van der Waals surface area contributed by atoms with Gasteiger partial charge in [-0.3, -0.25) is 19.8 Å². The van der Waals surface area contributed by atoms with Crippen LogP contribution in [0.3, 0.4) is 0 Å². The molecule has 6 N–H and O–H groups in total. The van der Waals surface area contributed by atoms with E-state index in [1.54, 1.807) is 36.4 Å². The normalized spacial score (nSPS) is 16.7. The van der Waals surface area contributed by atoms with Crippen molar-refractivity contribution in [2.75, 3.05) is 30.1 Å². The van der Waals surface area contributed by atoms with Crippen molar-refractivity contribution in [3.8, 4) is 5.75 Å². The van der Waals surface area contributed by atoms with E-state index in [2.05, 4.69) is 10.6 Å². The van der Waals surface area contributed by atoms with Gasteiger partial charge >= 0.3 is 0 Å². The smallest absolute Gasteiger partial charge is 0.259 e. The van der Waals surface area contributed by atoms with Crippen LogP contribution in [0.1, 0.15) is 5.56 Å². The average Bonchev–Trinajstić information content (AvgIpc) is 2.80.